The number of halogens is 4. The molecule has 3 aromatic carbocycles. The van der Waals surface area contributed by atoms with Gasteiger partial charge in [-0.05, 0) is 42.0 Å². The zero-order chi connectivity index (χ0) is 22.4. The monoisotopic (exact) mass is 458 g/mol. The predicted molar refractivity (Wildman–Crippen MR) is 116 cm³/mol. The molecule has 0 aromatic heterocycles. The maximum Gasteiger partial charge on any atom is 0.266 e. The number of rotatable bonds is 6. The molecule has 0 saturated heterocycles. The summed E-state index contributed by atoms with van der Waals surface area (Å²) < 4.78 is 33.0. The minimum Gasteiger partial charge on any atom is -0.486 e. The number of para-hydroxylation sites is 1. The molecule has 0 spiro atoms. The van der Waals surface area contributed by atoms with E-state index in [-0.39, 0.29) is 33.7 Å². The quantitative estimate of drug-likeness (QED) is 0.343. The van der Waals surface area contributed by atoms with Crippen LogP contribution in [0.4, 0.5) is 14.5 Å². The second kappa shape index (κ2) is 10.1. The molecule has 1 amide bonds. The Balaban J connectivity index is 1.80. The van der Waals surface area contributed by atoms with Crippen molar-refractivity contribution in [1.29, 1.82) is 5.26 Å². The maximum absolute atomic E-state index is 13.8. The molecule has 31 heavy (non-hydrogen) atoms. The molecule has 1 N–H and O–H groups in total. The van der Waals surface area contributed by atoms with Gasteiger partial charge in [-0.15, -0.1) is 0 Å². The Kier molecular flexibility index (Phi) is 7.24. The molecule has 8 heteroatoms. The average molecular weight is 459 g/mol. The van der Waals surface area contributed by atoms with E-state index in [1.165, 1.54) is 42.5 Å². The van der Waals surface area contributed by atoms with Crippen LogP contribution >= 0.6 is 23.2 Å². The lowest BCUT2D eigenvalue weighted by atomic mass is 10.1. The molecule has 0 aliphatic rings. The first kappa shape index (κ1) is 22.3. The van der Waals surface area contributed by atoms with E-state index in [1.807, 2.05) is 0 Å². The van der Waals surface area contributed by atoms with Gasteiger partial charge in [-0.3, -0.25) is 4.79 Å². The van der Waals surface area contributed by atoms with Crippen LogP contribution in [0.1, 0.15) is 11.1 Å². The summed E-state index contributed by atoms with van der Waals surface area (Å²) in [5.41, 5.74) is 0.348. The van der Waals surface area contributed by atoms with Gasteiger partial charge in [0.2, 0.25) is 0 Å². The normalized spacial score (nSPS) is 11.0. The first-order valence-corrected chi connectivity index (χ1v) is 9.67. The summed E-state index contributed by atoms with van der Waals surface area (Å²) >= 11 is 12.5. The Hall–Kier alpha value is -3.40. The lowest BCUT2D eigenvalue weighted by molar-refractivity contribution is -0.112. The SMILES string of the molecule is N#C/C(=C/c1cc(Cl)c(OCc2ccccc2F)c(Cl)c1)C(=O)Nc1ccccc1F. The number of amides is 1. The summed E-state index contributed by atoms with van der Waals surface area (Å²) in [5, 5.41) is 11.9. The highest BCUT2D eigenvalue weighted by molar-refractivity contribution is 6.37. The van der Waals surface area contributed by atoms with Gasteiger partial charge in [0, 0.05) is 5.56 Å². The van der Waals surface area contributed by atoms with Crippen molar-refractivity contribution in [1.82, 2.24) is 0 Å². The summed E-state index contributed by atoms with van der Waals surface area (Å²) in [6, 6.07) is 16.4. The fourth-order valence-corrected chi connectivity index (χ4v) is 3.25. The number of nitrogens with zero attached hydrogens (tertiary/aromatic N) is 1. The third-order valence-electron chi connectivity index (χ3n) is 4.15. The van der Waals surface area contributed by atoms with Crippen molar-refractivity contribution >= 4 is 40.9 Å². The fourth-order valence-electron chi connectivity index (χ4n) is 2.63. The van der Waals surface area contributed by atoms with Crippen molar-refractivity contribution in [3.63, 3.8) is 0 Å². The fraction of sp³-hybridized carbons (Fsp3) is 0.0435. The molecule has 0 bridgehead atoms. The zero-order valence-corrected chi connectivity index (χ0v) is 17.3. The highest BCUT2D eigenvalue weighted by Crippen LogP contribution is 2.35. The Morgan fingerprint density at radius 3 is 2.26 bits per heavy atom. The van der Waals surface area contributed by atoms with Gasteiger partial charge >= 0.3 is 0 Å². The third kappa shape index (κ3) is 5.60. The number of ether oxygens (including phenoxy) is 1. The molecule has 0 unspecified atom stereocenters. The van der Waals surface area contributed by atoms with E-state index < -0.39 is 17.5 Å². The second-order valence-electron chi connectivity index (χ2n) is 6.30. The van der Waals surface area contributed by atoms with Gasteiger partial charge < -0.3 is 10.1 Å². The molecule has 0 fully saturated rings. The van der Waals surface area contributed by atoms with Crippen LogP contribution in [-0.4, -0.2) is 5.91 Å². The van der Waals surface area contributed by atoms with Crippen LogP contribution in [0.15, 0.2) is 66.2 Å². The lowest BCUT2D eigenvalue weighted by Gasteiger charge is -2.12. The number of nitriles is 1. The molecule has 0 radical (unpaired) electrons. The van der Waals surface area contributed by atoms with Crippen molar-refractivity contribution in [3.05, 3.63) is 99.0 Å². The number of hydrogen-bond donors (Lipinski definition) is 1. The smallest absolute Gasteiger partial charge is 0.266 e. The lowest BCUT2D eigenvalue weighted by Crippen LogP contribution is -2.14. The Labute approximate surface area is 187 Å². The standard InChI is InChI=1S/C23H14Cl2F2N2O2/c24-17-10-14(9-16(12-28)23(30)29-21-8-4-3-7-20(21)27)11-18(25)22(17)31-13-15-5-1-2-6-19(15)26/h1-11H,13H2,(H,29,30)/b16-9-. The largest absolute Gasteiger partial charge is 0.486 e. The van der Waals surface area contributed by atoms with Gasteiger partial charge in [-0.1, -0.05) is 53.5 Å². The van der Waals surface area contributed by atoms with Gasteiger partial charge in [0.25, 0.3) is 5.91 Å². The van der Waals surface area contributed by atoms with E-state index in [4.69, 9.17) is 27.9 Å². The number of hydrogen-bond acceptors (Lipinski definition) is 3. The van der Waals surface area contributed by atoms with Crippen LogP contribution < -0.4 is 10.1 Å². The van der Waals surface area contributed by atoms with E-state index in [1.54, 1.807) is 30.3 Å². The first-order valence-electron chi connectivity index (χ1n) is 8.92. The van der Waals surface area contributed by atoms with Gasteiger partial charge in [0.15, 0.2) is 5.75 Å². The Bertz CT molecular complexity index is 1180. The van der Waals surface area contributed by atoms with E-state index in [2.05, 4.69) is 5.32 Å². The molecule has 3 aromatic rings. The van der Waals surface area contributed by atoms with E-state index in [0.717, 1.165) is 0 Å². The summed E-state index contributed by atoms with van der Waals surface area (Å²) in [7, 11) is 0. The molecular weight excluding hydrogens is 445 g/mol. The summed E-state index contributed by atoms with van der Waals surface area (Å²) in [6.45, 7) is -0.0875. The second-order valence-corrected chi connectivity index (χ2v) is 7.11. The third-order valence-corrected chi connectivity index (χ3v) is 4.71. The molecule has 3 rings (SSSR count). The van der Waals surface area contributed by atoms with Crippen molar-refractivity contribution < 1.29 is 18.3 Å². The summed E-state index contributed by atoms with van der Waals surface area (Å²) in [4.78, 5) is 12.3. The van der Waals surface area contributed by atoms with Gasteiger partial charge in [0.1, 0.15) is 29.9 Å². The van der Waals surface area contributed by atoms with E-state index >= 15 is 0 Å². The number of nitrogens with one attached hydrogen (secondary N) is 1. The summed E-state index contributed by atoms with van der Waals surface area (Å²) in [5.74, 6) is -1.71. The molecule has 156 valence electrons. The molecule has 0 saturated carbocycles. The minimum atomic E-state index is -0.792. The zero-order valence-electron chi connectivity index (χ0n) is 15.8. The molecule has 0 aliphatic heterocycles. The number of benzene rings is 3. The van der Waals surface area contributed by atoms with Gasteiger partial charge in [0.05, 0.1) is 15.7 Å². The van der Waals surface area contributed by atoms with Crippen LogP contribution in [0.2, 0.25) is 10.0 Å². The van der Waals surface area contributed by atoms with Crippen LogP contribution in [0.3, 0.4) is 0 Å². The first-order chi connectivity index (χ1) is 14.9. The molecule has 0 atom stereocenters. The van der Waals surface area contributed by atoms with E-state index in [9.17, 15) is 18.8 Å². The van der Waals surface area contributed by atoms with Crippen LogP contribution in [0, 0.1) is 23.0 Å². The van der Waals surface area contributed by atoms with Crippen LogP contribution in [-0.2, 0) is 11.4 Å². The number of carbonyl (C=O) groups is 1. The van der Waals surface area contributed by atoms with Crippen molar-refractivity contribution in [2.45, 2.75) is 6.61 Å². The minimum absolute atomic E-state index is 0.0541. The van der Waals surface area contributed by atoms with Gasteiger partial charge in [-0.2, -0.15) is 5.26 Å². The van der Waals surface area contributed by atoms with Crippen molar-refractivity contribution in [3.8, 4) is 11.8 Å². The molecular formula is C23H14Cl2F2N2O2. The van der Waals surface area contributed by atoms with Crippen LogP contribution in [0.5, 0.6) is 5.75 Å². The predicted octanol–water partition coefficient (Wildman–Crippen LogP) is 6.40. The van der Waals surface area contributed by atoms with Gasteiger partial charge in [-0.25, -0.2) is 8.78 Å². The number of anilines is 1. The molecule has 0 heterocycles. The highest BCUT2D eigenvalue weighted by Gasteiger charge is 2.14. The number of carbonyl (C=O) groups excluding carboxylic acids is 1. The Morgan fingerprint density at radius 1 is 1.03 bits per heavy atom. The Morgan fingerprint density at radius 2 is 1.65 bits per heavy atom. The van der Waals surface area contributed by atoms with Crippen molar-refractivity contribution in [2.24, 2.45) is 0 Å². The maximum atomic E-state index is 13.8. The highest BCUT2D eigenvalue weighted by atomic mass is 35.5. The van der Waals surface area contributed by atoms with Crippen LogP contribution in [0.25, 0.3) is 6.08 Å². The summed E-state index contributed by atoms with van der Waals surface area (Å²) in [6.07, 6.45) is 1.26. The molecule has 4 nitrogen and oxygen atoms in total. The van der Waals surface area contributed by atoms with Crippen molar-refractivity contribution in [2.75, 3.05) is 5.32 Å². The molecule has 0 aliphatic carbocycles. The topological polar surface area (TPSA) is 62.1 Å². The average Bonchev–Trinajstić information content (AvgIpc) is 2.74. The van der Waals surface area contributed by atoms with E-state index in [0.29, 0.717) is 11.1 Å².